The van der Waals surface area contributed by atoms with Crippen molar-refractivity contribution in [2.24, 2.45) is 10.8 Å². The Morgan fingerprint density at radius 3 is 1.83 bits per heavy atom. The lowest BCUT2D eigenvalue weighted by molar-refractivity contribution is 0.284. The van der Waals surface area contributed by atoms with Crippen molar-refractivity contribution in [1.29, 1.82) is 0 Å². The molecule has 0 aliphatic rings. The van der Waals surface area contributed by atoms with Gasteiger partial charge in [0.25, 0.3) is 5.56 Å². The Balaban J connectivity index is 1.20. The maximum atomic E-state index is 14.3. The maximum absolute atomic E-state index is 14.3. The molecule has 4 nitrogen and oxygen atoms in total. The molecular formula is C55H51N3O. The third-order valence-electron chi connectivity index (χ3n) is 12.3. The number of aromatic nitrogens is 2. The summed E-state index contributed by atoms with van der Waals surface area (Å²) in [5.41, 5.74) is 9.90. The summed E-state index contributed by atoms with van der Waals surface area (Å²) < 4.78 is 1.79. The summed E-state index contributed by atoms with van der Waals surface area (Å²) in [5.74, 6) is 0. The van der Waals surface area contributed by atoms with Crippen LogP contribution in [-0.4, -0.2) is 9.38 Å². The van der Waals surface area contributed by atoms with Gasteiger partial charge < -0.3 is 4.90 Å². The first-order valence-corrected chi connectivity index (χ1v) is 21.0. The van der Waals surface area contributed by atoms with Crippen LogP contribution in [0.15, 0.2) is 138 Å². The SMILES string of the molecule is C/C(=C\C(C)(C)C)c1ccc(N(c2ccc(C(C)(C)CC(C)(C)C)cc2)c2ccc3c4ccc5c6c(ccc(c7cccc2c73)c46)c(=O)n2c3ccccc3nc52)cc1. The Kier molecular flexibility index (Phi) is 8.08. The van der Waals surface area contributed by atoms with Gasteiger partial charge in [0.15, 0.2) is 0 Å². The van der Waals surface area contributed by atoms with Crippen LogP contribution in [0.5, 0.6) is 0 Å². The van der Waals surface area contributed by atoms with Crippen LogP contribution in [0.25, 0.3) is 76.1 Å². The Bertz CT molecular complexity index is 3330. The molecule has 10 aromatic rings. The van der Waals surface area contributed by atoms with Crippen molar-refractivity contribution in [2.75, 3.05) is 4.90 Å². The minimum atomic E-state index is -0.0252. The zero-order chi connectivity index (χ0) is 41.2. The lowest BCUT2D eigenvalue weighted by Gasteiger charge is -2.34. The van der Waals surface area contributed by atoms with E-state index in [4.69, 9.17) is 4.98 Å². The van der Waals surface area contributed by atoms with Crippen LogP contribution >= 0.6 is 0 Å². The number of para-hydroxylation sites is 2. The summed E-state index contributed by atoms with van der Waals surface area (Å²) in [6.07, 6.45) is 3.44. The Labute approximate surface area is 346 Å². The molecule has 8 aromatic carbocycles. The molecule has 0 radical (unpaired) electrons. The van der Waals surface area contributed by atoms with Gasteiger partial charge in [-0.25, -0.2) is 4.98 Å². The number of fused-ring (bicyclic) bond motifs is 6. The van der Waals surface area contributed by atoms with Crippen LogP contribution < -0.4 is 10.5 Å². The summed E-state index contributed by atoms with van der Waals surface area (Å²) in [6, 6.07) is 46.2. The lowest BCUT2D eigenvalue weighted by Crippen LogP contribution is -2.24. The van der Waals surface area contributed by atoms with Gasteiger partial charge in [-0.3, -0.25) is 9.20 Å². The molecule has 0 aliphatic heterocycles. The van der Waals surface area contributed by atoms with Gasteiger partial charge in [-0.2, -0.15) is 0 Å². The normalized spacial score (nSPS) is 13.4. The molecule has 0 spiro atoms. The molecule has 292 valence electrons. The molecule has 0 amide bonds. The highest BCUT2D eigenvalue weighted by atomic mass is 16.1. The smallest absolute Gasteiger partial charge is 0.264 e. The molecule has 0 aliphatic carbocycles. The van der Waals surface area contributed by atoms with E-state index in [0.29, 0.717) is 5.65 Å². The third-order valence-corrected chi connectivity index (χ3v) is 12.3. The summed E-state index contributed by atoms with van der Waals surface area (Å²) in [5, 5.41) is 10.9. The van der Waals surface area contributed by atoms with Crippen LogP contribution in [0.3, 0.4) is 0 Å². The first-order chi connectivity index (χ1) is 28.1. The highest BCUT2D eigenvalue weighted by molar-refractivity contribution is 6.38. The molecule has 0 atom stereocenters. The first kappa shape index (κ1) is 37.0. The molecule has 0 N–H and O–H groups in total. The number of pyridine rings is 1. The van der Waals surface area contributed by atoms with E-state index in [9.17, 15) is 4.79 Å². The average Bonchev–Trinajstić information content (AvgIpc) is 3.59. The zero-order valence-corrected chi connectivity index (χ0v) is 35.7. The zero-order valence-electron chi connectivity index (χ0n) is 35.7. The van der Waals surface area contributed by atoms with Gasteiger partial charge in [0.05, 0.1) is 16.7 Å². The maximum Gasteiger partial charge on any atom is 0.264 e. The van der Waals surface area contributed by atoms with Crippen LogP contribution in [-0.2, 0) is 5.41 Å². The van der Waals surface area contributed by atoms with Crippen molar-refractivity contribution in [2.45, 2.75) is 74.1 Å². The van der Waals surface area contributed by atoms with Crippen LogP contribution in [0.4, 0.5) is 17.1 Å². The monoisotopic (exact) mass is 769 g/mol. The topological polar surface area (TPSA) is 37.6 Å². The second-order valence-electron chi connectivity index (χ2n) is 19.7. The predicted molar refractivity (Wildman–Crippen MR) is 254 cm³/mol. The number of nitrogens with zero attached hydrogens (tertiary/aromatic N) is 3. The quantitative estimate of drug-likeness (QED) is 0.125. The van der Waals surface area contributed by atoms with E-state index < -0.39 is 0 Å². The molecule has 2 aromatic heterocycles. The molecule has 0 saturated carbocycles. The van der Waals surface area contributed by atoms with E-state index in [1.54, 1.807) is 4.40 Å². The fraction of sp³-hybridized carbons (Fsp3) is 0.236. The molecular weight excluding hydrogens is 719 g/mol. The van der Waals surface area contributed by atoms with Gasteiger partial charge in [0, 0.05) is 32.9 Å². The van der Waals surface area contributed by atoms with E-state index in [1.807, 2.05) is 30.3 Å². The van der Waals surface area contributed by atoms with Gasteiger partial charge >= 0.3 is 0 Å². The molecule has 59 heavy (non-hydrogen) atoms. The number of allylic oxidation sites excluding steroid dienone is 2. The van der Waals surface area contributed by atoms with Crippen molar-refractivity contribution in [1.82, 2.24) is 9.38 Å². The van der Waals surface area contributed by atoms with Crippen molar-refractivity contribution in [3.8, 4) is 0 Å². The second-order valence-corrected chi connectivity index (χ2v) is 19.7. The van der Waals surface area contributed by atoms with E-state index in [-0.39, 0.29) is 21.8 Å². The first-order valence-electron chi connectivity index (χ1n) is 21.0. The predicted octanol–water partition coefficient (Wildman–Crippen LogP) is 15.1. The molecule has 4 heteroatoms. The minimum absolute atomic E-state index is 0.0252. The highest BCUT2D eigenvalue weighted by Gasteiger charge is 2.28. The molecule has 0 fully saturated rings. The van der Waals surface area contributed by atoms with Gasteiger partial charge in [0.1, 0.15) is 5.65 Å². The molecule has 0 bridgehead atoms. The molecule has 2 heterocycles. The van der Waals surface area contributed by atoms with Crippen molar-refractivity contribution < 1.29 is 0 Å². The average molecular weight is 770 g/mol. The van der Waals surface area contributed by atoms with Crippen molar-refractivity contribution in [3.05, 3.63) is 155 Å². The molecule has 0 saturated heterocycles. The number of imidazole rings is 1. The Morgan fingerprint density at radius 1 is 0.593 bits per heavy atom. The highest BCUT2D eigenvalue weighted by Crippen LogP contribution is 2.48. The number of hydrogen-bond donors (Lipinski definition) is 0. The van der Waals surface area contributed by atoms with E-state index in [2.05, 4.69) is 170 Å². The van der Waals surface area contributed by atoms with E-state index in [1.165, 1.54) is 38.2 Å². The fourth-order valence-corrected chi connectivity index (χ4v) is 10.4. The Morgan fingerprint density at radius 2 is 1.15 bits per heavy atom. The second kappa shape index (κ2) is 12.9. The number of benzene rings is 8. The van der Waals surface area contributed by atoms with Crippen LogP contribution in [0.1, 0.15) is 79.9 Å². The summed E-state index contributed by atoms with van der Waals surface area (Å²) >= 11 is 0. The number of anilines is 3. The summed E-state index contributed by atoms with van der Waals surface area (Å²) in [4.78, 5) is 21.7. The van der Waals surface area contributed by atoms with E-state index >= 15 is 0 Å². The molecule has 0 unspecified atom stereocenters. The van der Waals surface area contributed by atoms with Gasteiger partial charge in [-0.15, -0.1) is 0 Å². The fourth-order valence-electron chi connectivity index (χ4n) is 10.4. The van der Waals surface area contributed by atoms with Crippen LogP contribution in [0.2, 0.25) is 0 Å². The largest absolute Gasteiger partial charge is 0.310 e. The van der Waals surface area contributed by atoms with Crippen molar-refractivity contribution >= 4 is 93.2 Å². The summed E-state index contributed by atoms with van der Waals surface area (Å²) in [6.45, 7) is 20.7. The van der Waals surface area contributed by atoms with E-state index in [0.717, 1.165) is 66.8 Å². The third kappa shape index (κ3) is 5.94. The lowest BCUT2D eigenvalue weighted by atomic mass is 9.72. The standard InChI is InChI=1S/C55H51N3O/c1-33(31-53(2,3)4)34-17-21-36(22-18-34)57(37-23-19-35(20-24-37)55(8,9)32-54(5,6)7)46-30-29-39-41-25-27-43-50-44(52(59)58-47-16-11-10-15-45(47)56-51(43)58)28-26-40(49(41)50)38-13-12-14-42(46)48(38)39/h10-31H,32H2,1-9H3/b33-31+. The van der Waals surface area contributed by atoms with Gasteiger partial charge in [0.2, 0.25) is 0 Å². The Hall–Kier alpha value is -6.26. The molecule has 10 rings (SSSR count). The minimum Gasteiger partial charge on any atom is -0.310 e. The van der Waals surface area contributed by atoms with Gasteiger partial charge in [-0.05, 0) is 133 Å². The van der Waals surface area contributed by atoms with Crippen LogP contribution in [0, 0.1) is 10.8 Å². The number of hydrogen-bond acceptors (Lipinski definition) is 3. The van der Waals surface area contributed by atoms with Crippen molar-refractivity contribution in [3.63, 3.8) is 0 Å². The van der Waals surface area contributed by atoms with Gasteiger partial charge in [-0.1, -0.05) is 134 Å². The number of rotatable bonds is 6. The summed E-state index contributed by atoms with van der Waals surface area (Å²) in [7, 11) is 0.